The van der Waals surface area contributed by atoms with E-state index in [9.17, 15) is 9.59 Å². The highest BCUT2D eigenvalue weighted by atomic mass is 16.5. The van der Waals surface area contributed by atoms with Crippen molar-refractivity contribution in [2.75, 3.05) is 16.9 Å². The molecular formula is C27H28N2O3. The summed E-state index contributed by atoms with van der Waals surface area (Å²) in [5.41, 5.74) is 3.20. The Labute approximate surface area is 189 Å². The predicted octanol–water partition coefficient (Wildman–Crippen LogP) is 5.62. The summed E-state index contributed by atoms with van der Waals surface area (Å²) < 4.78 is 5.44. The molecule has 4 rings (SSSR count). The molecule has 5 nitrogen and oxygen atoms in total. The minimum absolute atomic E-state index is 0.0627. The van der Waals surface area contributed by atoms with E-state index in [2.05, 4.69) is 0 Å². The second kappa shape index (κ2) is 9.27. The zero-order valence-corrected chi connectivity index (χ0v) is 18.7. The van der Waals surface area contributed by atoms with Crippen molar-refractivity contribution in [1.82, 2.24) is 0 Å². The number of hydrogen-bond acceptors (Lipinski definition) is 3. The first-order valence-corrected chi connectivity index (χ1v) is 11.0. The Morgan fingerprint density at radius 1 is 0.969 bits per heavy atom. The first-order chi connectivity index (χ1) is 15.6. The van der Waals surface area contributed by atoms with Crippen LogP contribution in [0.1, 0.15) is 48.7 Å². The molecule has 0 saturated heterocycles. The summed E-state index contributed by atoms with van der Waals surface area (Å²) in [6.07, 6.45) is 1.05. The summed E-state index contributed by atoms with van der Waals surface area (Å²) in [5, 5.41) is 0. The first-order valence-electron chi connectivity index (χ1n) is 11.0. The van der Waals surface area contributed by atoms with Crippen molar-refractivity contribution in [2.24, 2.45) is 0 Å². The van der Waals surface area contributed by atoms with Crippen LogP contribution in [0.2, 0.25) is 0 Å². The fourth-order valence-electron chi connectivity index (χ4n) is 4.54. The van der Waals surface area contributed by atoms with Crippen molar-refractivity contribution in [3.8, 4) is 5.75 Å². The van der Waals surface area contributed by atoms with Gasteiger partial charge in [0, 0.05) is 23.8 Å². The normalized spacial score (nSPS) is 17.4. The molecule has 32 heavy (non-hydrogen) atoms. The molecule has 0 bridgehead atoms. The molecule has 0 N–H and O–H groups in total. The van der Waals surface area contributed by atoms with Crippen molar-refractivity contribution < 1.29 is 14.3 Å². The van der Waals surface area contributed by atoms with Crippen LogP contribution in [-0.2, 0) is 4.79 Å². The minimum atomic E-state index is -0.155. The maximum atomic E-state index is 13.7. The average Bonchev–Trinajstić information content (AvgIpc) is 2.84. The van der Waals surface area contributed by atoms with E-state index >= 15 is 0 Å². The van der Waals surface area contributed by atoms with E-state index in [1.165, 1.54) is 0 Å². The molecule has 0 aromatic heterocycles. The number of carbonyl (C=O) groups excluding carboxylic acids is 2. The summed E-state index contributed by atoms with van der Waals surface area (Å²) in [4.78, 5) is 30.5. The maximum absolute atomic E-state index is 13.7. The summed E-state index contributed by atoms with van der Waals surface area (Å²) in [6.45, 7) is 3.92. The number of carbonyl (C=O) groups is 2. The summed E-state index contributed by atoms with van der Waals surface area (Å²) >= 11 is 0. The molecule has 2 amide bonds. The topological polar surface area (TPSA) is 49.9 Å². The van der Waals surface area contributed by atoms with Crippen molar-refractivity contribution in [3.63, 3.8) is 0 Å². The van der Waals surface area contributed by atoms with Gasteiger partial charge in [-0.25, -0.2) is 0 Å². The highest BCUT2D eigenvalue weighted by molar-refractivity contribution is 6.09. The number of rotatable bonds is 5. The Hall–Kier alpha value is -3.60. The van der Waals surface area contributed by atoms with E-state index < -0.39 is 0 Å². The van der Waals surface area contributed by atoms with Gasteiger partial charge in [-0.15, -0.1) is 0 Å². The molecule has 0 aliphatic carbocycles. The molecule has 0 radical (unpaired) electrons. The molecule has 2 atom stereocenters. The number of ether oxygens (including phenoxy) is 1. The van der Waals surface area contributed by atoms with Gasteiger partial charge in [-0.1, -0.05) is 55.5 Å². The van der Waals surface area contributed by atoms with Gasteiger partial charge in [0.2, 0.25) is 5.91 Å². The van der Waals surface area contributed by atoms with Gasteiger partial charge in [0.1, 0.15) is 5.75 Å². The predicted molar refractivity (Wildman–Crippen MR) is 127 cm³/mol. The van der Waals surface area contributed by atoms with Crippen LogP contribution in [0.4, 0.5) is 11.4 Å². The number of fused-ring (bicyclic) bond motifs is 1. The zero-order chi connectivity index (χ0) is 22.7. The molecule has 5 heteroatoms. The molecule has 0 saturated carbocycles. The van der Waals surface area contributed by atoms with Crippen molar-refractivity contribution in [2.45, 2.75) is 38.8 Å². The van der Waals surface area contributed by atoms with Crippen LogP contribution >= 0.6 is 0 Å². The number of benzene rings is 3. The van der Waals surface area contributed by atoms with Crippen molar-refractivity contribution in [3.05, 3.63) is 90.0 Å². The molecule has 0 fully saturated rings. The third kappa shape index (κ3) is 3.86. The molecule has 1 aliphatic heterocycles. The second-order valence-electron chi connectivity index (χ2n) is 7.99. The van der Waals surface area contributed by atoms with Crippen LogP contribution in [0.5, 0.6) is 5.75 Å². The van der Waals surface area contributed by atoms with E-state index in [1.807, 2.05) is 90.4 Å². The first kappa shape index (κ1) is 21.6. The van der Waals surface area contributed by atoms with E-state index in [0.29, 0.717) is 24.2 Å². The minimum Gasteiger partial charge on any atom is -0.496 e. The van der Waals surface area contributed by atoms with Crippen LogP contribution in [0, 0.1) is 0 Å². The average molecular weight is 429 g/mol. The highest BCUT2D eigenvalue weighted by Crippen LogP contribution is 2.43. The van der Waals surface area contributed by atoms with Gasteiger partial charge in [0.15, 0.2) is 0 Å². The van der Waals surface area contributed by atoms with E-state index in [1.54, 1.807) is 19.2 Å². The van der Waals surface area contributed by atoms with Gasteiger partial charge < -0.3 is 14.5 Å². The molecule has 3 aromatic rings. The van der Waals surface area contributed by atoms with Gasteiger partial charge in [-0.05, 0) is 49.2 Å². The summed E-state index contributed by atoms with van der Waals surface area (Å²) in [7, 11) is 1.57. The highest BCUT2D eigenvalue weighted by Gasteiger charge is 2.38. The lowest BCUT2D eigenvalue weighted by Gasteiger charge is -2.43. The number of para-hydroxylation sites is 3. The van der Waals surface area contributed by atoms with Gasteiger partial charge >= 0.3 is 0 Å². The second-order valence-corrected chi connectivity index (χ2v) is 7.99. The van der Waals surface area contributed by atoms with Crippen LogP contribution in [-0.4, -0.2) is 25.0 Å². The smallest absolute Gasteiger partial charge is 0.262 e. The third-order valence-electron chi connectivity index (χ3n) is 6.03. The Morgan fingerprint density at radius 2 is 1.62 bits per heavy atom. The Morgan fingerprint density at radius 3 is 2.34 bits per heavy atom. The van der Waals surface area contributed by atoms with Gasteiger partial charge in [-0.3, -0.25) is 9.59 Å². The number of amides is 2. The molecule has 1 aliphatic rings. The standard InChI is InChI=1S/C27H28N2O3/c1-4-26(30)29(20-12-6-5-7-13-20)24-18-19(2)28(23-16-10-8-14-21(23)24)27(31)22-15-9-11-17-25(22)32-3/h5-17,19,24H,4,18H2,1-3H3. The van der Waals surface area contributed by atoms with Crippen LogP contribution in [0.15, 0.2) is 78.9 Å². The van der Waals surface area contributed by atoms with Gasteiger partial charge in [0.05, 0.1) is 18.7 Å². The molecule has 0 spiro atoms. The number of anilines is 2. The molecular weight excluding hydrogens is 400 g/mol. The Bertz CT molecular complexity index is 1110. The monoisotopic (exact) mass is 428 g/mol. The summed E-state index contributed by atoms with van der Waals surface area (Å²) in [5.74, 6) is 0.512. The van der Waals surface area contributed by atoms with Crippen LogP contribution in [0.25, 0.3) is 0 Å². The number of nitrogens with zero attached hydrogens (tertiary/aromatic N) is 2. The zero-order valence-electron chi connectivity index (χ0n) is 18.7. The molecule has 1 heterocycles. The quantitative estimate of drug-likeness (QED) is 0.530. The molecule has 2 unspecified atom stereocenters. The van der Waals surface area contributed by atoms with E-state index in [4.69, 9.17) is 4.74 Å². The van der Waals surface area contributed by atoms with E-state index in [-0.39, 0.29) is 23.9 Å². The van der Waals surface area contributed by atoms with Crippen molar-refractivity contribution in [1.29, 1.82) is 0 Å². The van der Waals surface area contributed by atoms with E-state index in [0.717, 1.165) is 16.9 Å². The lowest BCUT2D eigenvalue weighted by atomic mass is 9.89. The van der Waals surface area contributed by atoms with Gasteiger partial charge in [-0.2, -0.15) is 0 Å². The van der Waals surface area contributed by atoms with Crippen molar-refractivity contribution >= 4 is 23.2 Å². The largest absolute Gasteiger partial charge is 0.496 e. The number of methoxy groups -OCH3 is 1. The van der Waals surface area contributed by atoms with Gasteiger partial charge in [0.25, 0.3) is 5.91 Å². The van der Waals surface area contributed by atoms with Crippen LogP contribution < -0.4 is 14.5 Å². The fourth-order valence-corrected chi connectivity index (χ4v) is 4.54. The fraction of sp³-hybridized carbons (Fsp3) is 0.259. The van der Waals surface area contributed by atoms with Crippen LogP contribution in [0.3, 0.4) is 0 Å². The SMILES string of the molecule is CCC(=O)N(c1ccccc1)C1CC(C)N(C(=O)c2ccccc2OC)c2ccccc21. The number of hydrogen-bond donors (Lipinski definition) is 0. The lowest BCUT2D eigenvalue weighted by molar-refractivity contribution is -0.118. The Kier molecular flexibility index (Phi) is 6.26. The molecule has 3 aromatic carbocycles. The molecule has 164 valence electrons. The summed E-state index contributed by atoms with van der Waals surface area (Å²) in [6, 6.07) is 24.7. The maximum Gasteiger partial charge on any atom is 0.262 e. The third-order valence-corrected chi connectivity index (χ3v) is 6.03. The lowest BCUT2D eigenvalue weighted by Crippen LogP contribution is -2.47. The Balaban J connectivity index is 1.80.